The van der Waals surface area contributed by atoms with E-state index in [2.05, 4.69) is 27.9 Å². The predicted octanol–water partition coefficient (Wildman–Crippen LogP) is -0.385. The normalized spacial score (nSPS) is 11.2. The van der Waals surface area contributed by atoms with Crippen LogP contribution >= 0.6 is 12.2 Å². The molecule has 0 bridgehead atoms. The third-order valence-corrected chi connectivity index (χ3v) is 0.799. The maximum absolute atomic E-state index is 8.39. The van der Waals surface area contributed by atoms with Crippen LogP contribution in [0.1, 0.15) is 6.92 Å². The van der Waals surface area contributed by atoms with Crippen molar-refractivity contribution in [2.45, 2.75) is 6.92 Å². The molecule has 0 aliphatic heterocycles. The third kappa shape index (κ3) is 4.01. The standard InChI is InChI=1S/C4H8N2O2S/c1-3(2-7)6-4(9)8-5/h7H,2,5H2,1H3/b6-3+. The van der Waals surface area contributed by atoms with Gasteiger partial charge in [-0.2, -0.15) is 5.90 Å². The van der Waals surface area contributed by atoms with Gasteiger partial charge in [-0.05, 0) is 19.1 Å². The van der Waals surface area contributed by atoms with Crippen molar-refractivity contribution < 1.29 is 9.94 Å². The van der Waals surface area contributed by atoms with Gasteiger partial charge >= 0.3 is 5.17 Å². The number of aliphatic hydroxyl groups excluding tert-OH is 1. The first-order valence-electron chi connectivity index (χ1n) is 2.26. The van der Waals surface area contributed by atoms with Crippen molar-refractivity contribution in [2.24, 2.45) is 10.9 Å². The lowest BCUT2D eigenvalue weighted by molar-refractivity contribution is 0.324. The van der Waals surface area contributed by atoms with Gasteiger partial charge in [0.15, 0.2) is 0 Å². The van der Waals surface area contributed by atoms with Crippen molar-refractivity contribution in [1.82, 2.24) is 0 Å². The number of nitrogens with two attached hydrogens (primary N) is 1. The Labute approximate surface area is 58.3 Å². The first-order chi connectivity index (χ1) is 4.20. The summed E-state index contributed by atoms with van der Waals surface area (Å²) in [6.45, 7) is 1.48. The van der Waals surface area contributed by atoms with Crippen molar-refractivity contribution >= 4 is 23.1 Å². The van der Waals surface area contributed by atoms with Gasteiger partial charge in [0, 0.05) is 5.71 Å². The molecule has 9 heavy (non-hydrogen) atoms. The van der Waals surface area contributed by atoms with Gasteiger partial charge in [-0.3, -0.25) is 0 Å². The maximum atomic E-state index is 8.39. The van der Waals surface area contributed by atoms with Crippen LogP contribution in [-0.2, 0) is 4.84 Å². The van der Waals surface area contributed by atoms with Crippen LogP contribution in [0.25, 0.3) is 0 Å². The molecule has 0 aliphatic rings. The van der Waals surface area contributed by atoms with E-state index in [9.17, 15) is 0 Å². The Morgan fingerprint density at radius 1 is 1.89 bits per heavy atom. The molecular formula is C4H8N2O2S. The summed E-state index contributed by atoms with van der Waals surface area (Å²) >= 11 is 4.45. The molecule has 4 nitrogen and oxygen atoms in total. The molecule has 0 amide bonds. The van der Waals surface area contributed by atoms with E-state index in [1.54, 1.807) is 6.92 Å². The van der Waals surface area contributed by atoms with Crippen LogP contribution in [0.3, 0.4) is 0 Å². The minimum atomic E-state index is -0.135. The summed E-state index contributed by atoms with van der Waals surface area (Å²) < 4.78 is 0. The first kappa shape index (κ1) is 8.48. The number of nitrogens with zero attached hydrogens (tertiary/aromatic N) is 1. The molecule has 0 rings (SSSR count). The Hall–Kier alpha value is -0.520. The number of hydrogen-bond acceptors (Lipinski definition) is 4. The first-order valence-corrected chi connectivity index (χ1v) is 2.67. The number of hydrogen-bond donors (Lipinski definition) is 2. The Morgan fingerprint density at radius 2 is 2.44 bits per heavy atom. The topological polar surface area (TPSA) is 67.8 Å². The molecule has 0 spiro atoms. The zero-order valence-corrected chi connectivity index (χ0v) is 5.81. The van der Waals surface area contributed by atoms with E-state index in [0.717, 1.165) is 0 Å². The van der Waals surface area contributed by atoms with Crippen molar-refractivity contribution in [2.75, 3.05) is 6.61 Å². The Bertz CT molecular complexity index is 135. The van der Waals surface area contributed by atoms with E-state index in [1.807, 2.05) is 0 Å². The molecule has 0 radical (unpaired) electrons. The highest BCUT2D eigenvalue weighted by molar-refractivity contribution is 7.80. The van der Waals surface area contributed by atoms with E-state index in [-0.39, 0.29) is 11.8 Å². The second kappa shape index (κ2) is 4.37. The predicted molar refractivity (Wildman–Crippen MR) is 38.1 cm³/mol. The number of rotatable bonds is 1. The summed E-state index contributed by atoms with van der Waals surface area (Å²) in [4.78, 5) is 7.62. The summed E-state index contributed by atoms with van der Waals surface area (Å²) in [6.07, 6.45) is 0. The number of aliphatic hydroxyl groups is 1. The molecule has 0 saturated heterocycles. The second-order valence-electron chi connectivity index (χ2n) is 1.39. The van der Waals surface area contributed by atoms with Gasteiger partial charge in [0.05, 0.1) is 6.61 Å². The van der Waals surface area contributed by atoms with Gasteiger partial charge < -0.3 is 9.94 Å². The summed E-state index contributed by atoms with van der Waals surface area (Å²) in [5.74, 6) is 4.65. The zero-order valence-electron chi connectivity index (χ0n) is 5.00. The molecular weight excluding hydrogens is 140 g/mol. The molecule has 0 aromatic heterocycles. The van der Waals surface area contributed by atoms with Crippen LogP contribution < -0.4 is 5.90 Å². The Balaban J connectivity index is 3.79. The fourth-order valence-electron chi connectivity index (χ4n) is 0.218. The third-order valence-electron chi connectivity index (χ3n) is 0.612. The minimum Gasteiger partial charge on any atom is -0.390 e. The van der Waals surface area contributed by atoms with E-state index >= 15 is 0 Å². The largest absolute Gasteiger partial charge is 0.390 e. The highest BCUT2D eigenvalue weighted by atomic mass is 32.1. The molecule has 0 heterocycles. The van der Waals surface area contributed by atoms with E-state index in [4.69, 9.17) is 5.11 Å². The van der Waals surface area contributed by atoms with Crippen LogP contribution in [-0.4, -0.2) is 22.6 Å². The fraction of sp³-hybridized carbons (Fsp3) is 0.500. The summed E-state index contributed by atoms with van der Waals surface area (Å²) in [5, 5.41) is 8.32. The average Bonchev–Trinajstić information content (AvgIpc) is 1.87. The monoisotopic (exact) mass is 148 g/mol. The summed E-state index contributed by atoms with van der Waals surface area (Å²) in [6, 6.07) is 0. The Kier molecular flexibility index (Phi) is 4.12. The summed E-state index contributed by atoms with van der Waals surface area (Å²) in [7, 11) is 0. The second-order valence-corrected chi connectivity index (χ2v) is 1.74. The molecule has 0 aliphatic carbocycles. The number of thiocarbonyl (C=S) groups is 1. The van der Waals surface area contributed by atoms with Crippen LogP contribution in [0.4, 0.5) is 0 Å². The SMILES string of the molecule is C/C(CO)=N\C(=S)ON. The Morgan fingerprint density at radius 3 is 2.78 bits per heavy atom. The average molecular weight is 148 g/mol. The molecule has 5 heteroatoms. The van der Waals surface area contributed by atoms with Crippen LogP contribution in [0.15, 0.2) is 4.99 Å². The quantitative estimate of drug-likeness (QED) is 0.302. The molecule has 0 atom stereocenters. The van der Waals surface area contributed by atoms with Crippen LogP contribution in [0.2, 0.25) is 0 Å². The minimum absolute atomic E-state index is 0.0680. The van der Waals surface area contributed by atoms with Crippen molar-refractivity contribution in [3.05, 3.63) is 0 Å². The molecule has 0 saturated carbocycles. The highest BCUT2D eigenvalue weighted by Crippen LogP contribution is 1.81. The van der Waals surface area contributed by atoms with Crippen molar-refractivity contribution in [3.8, 4) is 0 Å². The highest BCUT2D eigenvalue weighted by Gasteiger charge is 1.90. The molecule has 0 aromatic rings. The molecule has 0 fully saturated rings. The lowest BCUT2D eigenvalue weighted by atomic mass is 10.5. The van der Waals surface area contributed by atoms with E-state index in [0.29, 0.717) is 5.71 Å². The maximum Gasteiger partial charge on any atom is 0.303 e. The number of aliphatic imine (C=N–C) groups is 1. The van der Waals surface area contributed by atoms with Gasteiger partial charge in [0.2, 0.25) is 0 Å². The van der Waals surface area contributed by atoms with Crippen LogP contribution in [0, 0.1) is 0 Å². The van der Waals surface area contributed by atoms with Gasteiger partial charge in [0.1, 0.15) is 0 Å². The van der Waals surface area contributed by atoms with Gasteiger partial charge in [-0.15, -0.1) is 0 Å². The summed E-state index contributed by atoms with van der Waals surface area (Å²) in [5.41, 5.74) is 0.477. The van der Waals surface area contributed by atoms with Gasteiger partial charge in [0.25, 0.3) is 0 Å². The van der Waals surface area contributed by atoms with Crippen molar-refractivity contribution in [3.63, 3.8) is 0 Å². The molecule has 0 unspecified atom stereocenters. The van der Waals surface area contributed by atoms with Crippen molar-refractivity contribution in [1.29, 1.82) is 0 Å². The van der Waals surface area contributed by atoms with Gasteiger partial charge in [-0.25, -0.2) is 4.99 Å². The van der Waals surface area contributed by atoms with E-state index < -0.39 is 0 Å². The molecule has 52 valence electrons. The smallest absolute Gasteiger partial charge is 0.303 e. The molecule has 3 N–H and O–H groups in total. The fourth-order valence-corrected chi connectivity index (χ4v) is 0.373. The zero-order chi connectivity index (χ0) is 7.28. The van der Waals surface area contributed by atoms with Gasteiger partial charge in [-0.1, -0.05) is 0 Å². The lowest BCUT2D eigenvalue weighted by Crippen LogP contribution is -2.08. The molecule has 0 aromatic carbocycles. The lowest BCUT2D eigenvalue weighted by Gasteiger charge is -1.93. The van der Waals surface area contributed by atoms with Crippen LogP contribution in [0.5, 0.6) is 0 Å². The van der Waals surface area contributed by atoms with E-state index in [1.165, 1.54) is 0 Å².